The molecule has 0 heterocycles. The third kappa shape index (κ3) is 3.63. The highest BCUT2D eigenvalue weighted by Crippen LogP contribution is 2.47. The van der Waals surface area contributed by atoms with Gasteiger partial charge in [-0.3, -0.25) is 0 Å². The Morgan fingerprint density at radius 1 is 0.800 bits per heavy atom. The zero-order valence-corrected chi connectivity index (χ0v) is 15.7. The molecule has 0 fully saturated rings. The van der Waals surface area contributed by atoms with Gasteiger partial charge in [-0.05, 0) is 30.4 Å². The molecule has 0 unspecified atom stereocenters. The van der Waals surface area contributed by atoms with Crippen LogP contribution in [0.2, 0.25) is 0 Å². The fourth-order valence-electron chi connectivity index (χ4n) is 4.22. The van der Waals surface area contributed by atoms with Crippen molar-refractivity contribution in [3.05, 3.63) is 95.1 Å². The van der Waals surface area contributed by atoms with Crippen molar-refractivity contribution < 1.29 is 0 Å². The van der Waals surface area contributed by atoms with E-state index in [9.17, 15) is 0 Å². The lowest BCUT2D eigenvalue weighted by Crippen LogP contribution is -2.30. The lowest BCUT2D eigenvalue weighted by atomic mass is 9.65. The first-order valence-electron chi connectivity index (χ1n) is 9.82. The summed E-state index contributed by atoms with van der Waals surface area (Å²) in [7, 11) is 0. The van der Waals surface area contributed by atoms with Gasteiger partial charge in [0.15, 0.2) is 0 Å². The molecule has 0 saturated carbocycles. The van der Waals surface area contributed by atoms with Crippen molar-refractivity contribution in [2.75, 3.05) is 0 Å². The van der Waals surface area contributed by atoms with Crippen LogP contribution in [0.3, 0.4) is 0 Å². The van der Waals surface area contributed by atoms with Crippen LogP contribution in [-0.2, 0) is 5.41 Å². The first kappa shape index (κ1) is 17.7. The average Bonchev–Trinajstić information content (AvgIpc) is 3.13. The van der Waals surface area contributed by atoms with Crippen LogP contribution < -0.4 is 0 Å². The van der Waals surface area contributed by atoms with Gasteiger partial charge in [0.05, 0.1) is 0 Å². The van der Waals surface area contributed by atoms with Crippen molar-refractivity contribution >= 4 is 0 Å². The molecule has 0 atom stereocenters. The van der Waals surface area contributed by atoms with Gasteiger partial charge in [0.2, 0.25) is 0 Å². The average molecular weight is 331 g/mol. The van der Waals surface area contributed by atoms with Crippen LogP contribution in [0.5, 0.6) is 0 Å². The third-order valence-electron chi connectivity index (χ3n) is 5.47. The van der Waals surface area contributed by atoms with Crippen LogP contribution in [0.4, 0.5) is 0 Å². The highest BCUT2D eigenvalue weighted by molar-refractivity contribution is 5.53. The van der Waals surface area contributed by atoms with Crippen LogP contribution in [0.1, 0.15) is 63.5 Å². The van der Waals surface area contributed by atoms with Crippen LogP contribution in [0, 0.1) is 0 Å². The number of allylic oxidation sites excluding steroid dienone is 4. The summed E-state index contributed by atoms with van der Waals surface area (Å²) in [4.78, 5) is 0. The number of hydrogen-bond acceptors (Lipinski definition) is 0. The van der Waals surface area contributed by atoms with E-state index in [0.29, 0.717) is 0 Å². The Morgan fingerprint density at radius 2 is 1.40 bits per heavy atom. The fraction of sp³-hybridized carbons (Fsp3) is 0.360. The number of unbranched alkanes of at least 4 members (excludes halogenated alkanes) is 1. The molecule has 0 nitrogen and oxygen atoms in total. The lowest BCUT2D eigenvalue weighted by Gasteiger charge is -2.37. The molecule has 2 aromatic rings. The Morgan fingerprint density at radius 3 is 1.92 bits per heavy atom. The minimum absolute atomic E-state index is 0.00449. The zero-order valence-electron chi connectivity index (χ0n) is 15.7. The minimum atomic E-state index is 0.00449. The maximum atomic E-state index is 2.50. The molecule has 0 aliphatic heterocycles. The molecular formula is C25H30. The predicted molar refractivity (Wildman–Crippen MR) is 109 cm³/mol. The maximum Gasteiger partial charge on any atom is 0.0417 e. The molecule has 0 N–H and O–H groups in total. The number of rotatable bonds is 8. The summed E-state index contributed by atoms with van der Waals surface area (Å²) in [5.74, 6) is 0. The standard InChI is InChI=1S/C25H30/c1-3-5-19-25(22-13-8-6-9-14-22,23-15-10-7-11-16-23)24-18-17-21(20-24)12-4-2/h6-11,13-17,20H,3-5,12,18-19H2,1-2H3. The van der Waals surface area contributed by atoms with Crippen molar-refractivity contribution in [1.82, 2.24) is 0 Å². The topological polar surface area (TPSA) is 0 Å². The van der Waals surface area contributed by atoms with E-state index in [2.05, 4.69) is 86.7 Å². The minimum Gasteiger partial charge on any atom is -0.0772 e. The number of hydrogen-bond donors (Lipinski definition) is 0. The van der Waals surface area contributed by atoms with Crippen molar-refractivity contribution in [3.8, 4) is 0 Å². The Kier molecular flexibility index (Phi) is 5.91. The summed E-state index contributed by atoms with van der Waals surface area (Å²) >= 11 is 0. The summed E-state index contributed by atoms with van der Waals surface area (Å²) in [5.41, 5.74) is 5.97. The Labute approximate surface area is 153 Å². The van der Waals surface area contributed by atoms with Gasteiger partial charge in [-0.1, -0.05) is 117 Å². The molecule has 0 bridgehead atoms. The van der Waals surface area contributed by atoms with Crippen molar-refractivity contribution in [2.24, 2.45) is 0 Å². The summed E-state index contributed by atoms with van der Waals surface area (Å²) in [6.07, 6.45) is 12.1. The fourth-order valence-corrected chi connectivity index (χ4v) is 4.22. The second-order valence-electron chi connectivity index (χ2n) is 7.14. The van der Waals surface area contributed by atoms with Crippen molar-refractivity contribution in [3.63, 3.8) is 0 Å². The maximum absolute atomic E-state index is 2.50. The predicted octanol–water partition coefficient (Wildman–Crippen LogP) is 7.22. The van der Waals surface area contributed by atoms with Gasteiger partial charge >= 0.3 is 0 Å². The molecule has 0 spiro atoms. The van der Waals surface area contributed by atoms with E-state index < -0.39 is 0 Å². The molecule has 130 valence electrons. The van der Waals surface area contributed by atoms with Crippen molar-refractivity contribution in [1.29, 1.82) is 0 Å². The van der Waals surface area contributed by atoms with Crippen LogP contribution in [0.25, 0.3) is 0 Å². The van der Waals surface area contributed by atoms with E-state index in [0.717, 1.165) is 6.42 Å². The first-order chi connectivity index (χ1) is 12.3. The molecule has 3 rings (SSSR count). The van der Waals surface area contributed by atoms with Gasteiger partial charge in [0.25, 0.3) is 0 Å². The second-order valence-corrected chi connectivity index (χ2v) is 7.14. The summed E-state index contributed by atoms with van der Waals surface area (Å²) in [6.45, 7) is 4.57. The Bertz CT molecular complexity index is 680. The van der Waals surface area contributed by atoms with E-state index in [1.54, 1.807) is 5.57 Å². The quantitative estimate of drug-likeness (QED) is 0.479. The van der Waals surface area contributed by atoms with Gasteiger partial charge in [-0.2, -0.15) is 0 Å². The summed E-state index contributed by atoms with van der Waals surface area (Å²) in [5, 5.41) is 0. The smallest absolute Gasteiger partial charge is 0.0417 e. The highest BCUT2D eigenvalue weighted by atomic mass is 14.4. The molecule has 1 aliphatic rings. The van der Waals surface area contributed by atoms with Gasteiger partial charge < -0.3 is 0 Å². The van der Waals surface area contributed by atoms with E-state index in [1.807, 2.05) is 0 Å². The molecule has 0 radical (unpaired) electrons. The molecular weight excluding hydrogens is 300 g/mol. The first-order valence-corrected chi connectivity index (χ1v) is 9.82. The van der Waals surface area contributed by atoms with E-state index >= 15 is 0 Å². The third-order valence-corrected chi connectivity index (χ3v) is 5.47. The molecule has 0 amide bonds. The Hall–Kier alpha value is -2.08. The van der Waals surface area contributed by atoms with E-state index in [4.69, 9.17) is 0 Å². The normalized spacial score (nSPS) is 14.3. The highest BCUT2D eigenvalue weighted by Gasteiger charge is 2.37. The van der Waals surface area contributed by atoms with Gasteiger partial charge in [0, 0.05) is 5.41 Å². The van der Waals surface area contributed by atoms with Gasteiger partial charge in [0.1, 0.15) is 0 Å². The summed E-state index contributed by atoms with van der Waals surface area (Å²) < 4.78 is 0. The largest absolute Gasteiger partial charge is 0.0772 e. The molecule has 2 aromatic carbocycles. The van der Waals surface area contributed by atoms with Gasteiger partial charge in [-0.15, -0.1) is 0 Å². The van der Waals surface area contributed by atoms with Crippen LogP contribution >= 0.6 is 0 Å². The Balaban J connectivity index is 2.14. The van der Waals surface area contributed by atoms with E-state index in [-0.39, 0.29) is 5.41 Å². The molecule has 0 aromatic heterocycles. The monoisotopic (exact) mass is 330 g/mol. The number of benzene rings is 2. The lowest BCUT2D eigenvalue weighted by molar-refractivity contribution is 0.512. The zero-order chi connectivity index (χ0) is 17.5. The molecule has 0 saturated heterocycles. The summed E-state index contributed by atoms with van der Waals surface area (Å²) in [6, 6.07) is 22.3. The van der Waals surface area contributed by atoms with E-state index in [1.165, 1.54) is 48.8 Å². The van der Waals surface area contributed by atoms with Gasteiger partial charge in [-0.25, -0.2) is 0 Å². The molecule has 1 aliphatic carbocycles. The molecule has 25 heavy (non-hydrogen) atoms. The second kappa shape index (κ2) is 8.34. The van der Waals surface area contributed by atoms with Crippen molar-refractivity contribution in [2.45, 2.75) is 57.8 Å². The van der Waals surface area contributed by atoms with Crippen LogP contribution in [0.15, 0.2) is 84.0 Å². The molecule has 0 heteroatoms. The van der Waals surface area contributed by atoms with Crippen LogP contribution in [-0.4, -0.2) is 0 Å². The SMILES string of the molecule is CCCCC(C1=CC(CCC)=CC1)(c1ccccc1)c1ccccc1.